The Hall–Kier alpha value is -0.930. The van der Waals surface area contributed by atoms with Gasteiger partial charge in [-0.15, -0.1) is 0 Å². The number of carbonyl (C=O) groups excluding carboxylic acids is 2. The summed E-state index contributed by atoms with van der Waals surface area (Å²) in [6.07, 6.45) is -0.0628. The van der Waals surface area contributed by atoms with Crippen LogP contribution in [0.25, 0.3) is 0 Å². The number of aliphatic carboxylic acids is 1. The monoisotopic (exact) mass is 295 g/mol. The van der Waals surface area contributed by atoms with Gasteiger partial charge in [0.1, 0.15) is 12.1 Å². The smallest absolute Gasteiger partial charge is 0.320 e. The molecule has 9 heteroatoms. The van der Waals surface area contributed by atoms with E-state index in [1.165, 1.54) is 7.05 Å². The summed E-state index contributed by atoms with van der Waals surface area (Å²) >= 11 is 7.77. The maximum absolute atomic E-state index is 11.5. The summed E-state index contributed by atoms with van der Waals surface area (Å²) in [7, 11) is 1.44. The SMILES string of the molecule is CN(S)C(=O)C(CS)NC(=O)CCC(N)C(=O)O. The Morgan fingerprint density at radius 2 is 2.00 bits per heavy atom. The minimum absolute atomic E-state index is 0.00532. The first-order valence-electron chi connectivity index (χ1n) is 5.14. The van der Waals surface area contributed by atoms with Gasteiger partial charge in [-0.3, -0.25) is 18.7 Å². The summed E-state index contributed by atoms with van der Waals surface area (Å²) in [6, 6.07) is -1.88. The van der Waals surface area contributed by atoms with E-state index in [0.717, 1.165) is 4.31 Å². The van der Waals surface area contributed by atoms with Crippen LogP contribution in [0, 0.1) is 0 Å². The number of carboxylic acids is 1. The molecule has 0 aromatic rings. The highest BCUT2D eigenvalue weighted by Crippen LogP contribution is 2.00. The van der Waals surface area contributed by atoms with Crippen LogP contribution in [0.4, 0.5) is 0 Å². The number of rotatable bonds is 7. The minimum atomic E-state index is -1.17. The molecule has 0 aromatic heterocycles. The zero-order chi connectivity index (χ0) is 14.3. The van der Waals surface area contributed by atoms with Gasteiger partial charge in [0.15, 0.2) is 0 Å². The standard InChI is InChI=1S/C9H17N3O4S2/c1-12(18)8(14)6(4-17)11-7(13)3-2-5(10)9(15)16/h5-6,17-18H,2-4,10H2,1H3,(H,11,13)(H,15,16). The van der Waals surface area contributed by atoms with Gasteiger partial charge >= 0.3 is 5.97 Å². The summed E-state index contributed by atoms with van der Waals surface area (Å²) in [5.41, 5.74) is 5.25. The van der Waals surface area contributed by atoms with Crippen molar-refractivity contribution < 1.29 is 19.5 Å². The van der Waals surface area contributed by atoms with E-state index in [1.54, 1.807) is 0 Å². The highest BCUT2D eigenvalue weighted by Gasteiger charge is 2.22. The zero-order valence-electron chi connectivity index (χ0n) is 9.87. The summed E-state index contributed by atoms with van der Waals surface area (Å²) in [6.45, 7) is 0. The molecule has 0 saturated heterocycles. The van der Waals surface area contributed by atoms with Crippen LogP contribution in [0.5, 0.6) is 0 Å². The second kappa shape index (κ2) is 8.22. The lowest BCUT2D eigenvalue weighted by Crippen LogP contribution is -2.46. The second-order valence-electron chi connectivity index (χ2n) is 3.65. The largest absolute Gasteiger partial charge is 0.480 e. The Labute approximate surface area is 116 Å². The Morgan fingerprint density at radius 1 is 1.44 bits per heavy atom. The third-order valence-electron chi connectivity index (χ3n) is 2.13. The molecule has 0 radical (unpaired) electrons. The van der Waals surface area contributed by atoms with Gasteiger partial charge in [0.2, 0.25) is 5.91 Å². The van der Waals surface area contributed by atoms with Crippen LogP contribution < -0.4 is 11.1 Å². The fourth-order valence-corrected chi connectivity index (χ4v) is 1.47. The molecule has 0 aliphatic rings. The molecule has 0 bridgehead atoms. The van der Waals surface area contributed by atoms with Gasteiger partial charge in [0.25, 0.3) is 5.91 Å². The van der Waals surface area contributed by atoms with Gasteiger partial charge < -0.3 is 16.2 Å². The summed E-state index contributed by atoms with van der Waals surface area (Å²) < 4.78 is 1.05. The maximum Gasteiger partial charge on any atom is 0.320 e. The van der Waals surface area contributed by atoms with Crippen molar-refractivity contribution in [2.24, 2.45) is 5.73 Å². The Bertz CT molecular complexity index is 325. The lowest BCUT2D eigenvalue weighted by atomic mass is 10.1. The lowest BCUT2D eigenvalue weighted by Gasteiger charge is -2.19. The molecule has 2 unspecified atom stereocenters. The van der Waals surface area contributed by atoms with Crippen molar-refractivity contribution >= 4 is 43.2 Å². The molecule has 18 heavy (non-hydrogen) atoms. The molecule has 0 aliphatic carbocycles. The first-order chi connectivity index (χ1) is 8.29. The maximum atomic E-state index is 11.5. The number of carboxylic acid groups (broad SMARTS) is 1. The molecule has 0 saturated carbocycles. The van der Waals surface area contributed by atoms with E-state index in [0.29, 0.717) is 0 Å². The van der Waals surface area contributed by atoms with Crippen molar-refractivity contribution in [1.29, 1.82) is 0 Å². The van der Waals surface area contributed by atoms with Crippen LogP contribution in [0.1, 0.15) is 12.8 Å². The lowest BCUT2D eigenvalue weighted by molar-refractivity contribution is -0.139. The van der Waals surface area contributed by atoms with Gasteiger partial charge in [-0.05, 0) is 6.42 Å². The zero-order valence-corrected chi connectivity index (χ0v) is 11.7. The van der Waals surface area contributed by atoms with Crippen molar-refractivity contribution in [3.8, 4) is 0 Å². The summed E-state index contributed by atoms with van der Waals surface area (Å²) in [4.78, 5) is 33.4. The molecule has 0 aromatic carbocycles. The molecular weight excluding hydrogens is 278 g/mol. The number of amides is 2. The van der Waals surface area contributed by atoms with Crippen LogP contribution in [-0.4, -0.2) is 52.1 Å². The molecule has 0 fully saturated rings. The fourth-order valence-electron chi connectivity index (χ4n) is 1.09. The van der Waals surface area contributed by atoms with E-state index in [2.05, 4.69) is 30.8 Å². The fraction of sp³-hybridized carbons (Fsp3) is 0.667. The molecule has 0 aliphatic heterocycles. The number of hydrogen-bond acceptors (Lipinski definition) is 6. The third kappa shape index (κ3) is 6.12. The number of nitrogens with two attached hydrogens (primary N) is 1. The number of nitrogens with zero attached hydrogens (tertiary/aromatic N) is 1. The molecule has 104 valence electrons. The Morgan fingerprint density at radius 3 is 2.39 bits per heavy atom. The Kier molecular flexibility index (Phi) is 7.80. The quantitative estimate of drug-likeness (QED) is 0.383. The molecular formula is C9H17N3O4S2. The Balaban J connectivity index is 4.21. The van der Waals surface area contributed by atoms with Crippen LogP contribution in [0.3, 0.4) is 0 Å². The highest BCUT2D eigenvalue weighted by atomic mass is 32.1. The molecule has 2 amide bonds. The predicted molar refractivity (Wildman–Crippen MR) is 72.4 cm³/mol. The van der Waals surface area contributed by atoms with Crippen LogP contribution in [0.15, 0.2) is 0 Å². The van der Waals surface area contributed by atoms with Crippen molar-refractivity contribution in [3.05, 3.63) is 0 Å². The average molecular weight is 295 g/mol. The van der Waals surface area contributed by atoms with Gasteiger partial charge in [-0.1, -0.05) is 12.8 Å². The molecule has 7 nitrogen and oxygen atoms in total. The van der Waals surface area contributed by atoms with Gasteiger partial charge in [0.05, 0.1) is 0 Å². The van der Waals surface area contributed by atoms with Gasteiger partial charge in [0, 0.05) is 19.2 Å². The van der Waals surface area contributed by atoms with Crippen molar-refractivity contribution in [2.75, 3.05) is 12.8 Å². The average Bonchev–Trinajstić information content (AvgIpc) is 2.31. The summed E-state index contributed by atoms with van der Waals surface area (Å²) in [5.74, 6) is -1.89. The predicted octanol–water partition coefficient (Wildman–Crippen LogP) is -1.10. The van der Waals surface area contributed by atoms with E-state index in [1.807, 2.05) is 0 Å². The minimum Gasteiger partial charge on any atom is -0.480 e. The van der Waals surface area contributed by atoms with Gasteiger partial charge in [-0.2, -0.15) is 12.6 Å². The van der Waals surface area contributed by atoms with E-state index < -0.39 is 29.9 Å². The summed E-state index contributed by atoms with van der Waals surface area (Å²) in [5, 5.41) is 11.0. The number of likely N-dealkylation sites (N-methyl/N-ethyl adjacent to an activating group) is 1. The topological polar surface area (TPSA) is 113 Å². The van der Waals surface area contributed by atoms with Crippen LogP contribution >= 0.6 is 25.4 Å². The number of nitrogens with one attached hydrogen (secondary N) is 1. The highest BCUT2D eigenvalue weighted by molar-refractivity contribution is 7.80. The number of carbonyl (C=O) groups is 3. The molecule has 0 spiro atoms. The van der Waals surface area contributed by atoms with Crippen molar-refractivity contribution in [2.45, 2.75) is 24.9 Å². The van der Waals surface area contributed by atoms with E-state index in [-0.39, 0.29) is 18.6 Å². The van der Waals surface area contributed by atoms with Crippen LogP contribution in [-0.2, 0) is 14.4 Å². The van der Waals surface area contributed by atoms with Crippen LogP contribution in [0.2, 0.25) is 0 Å². The number of hydrogen-bond donors (Lipinski definition) is 5. The second-order valence-corrected chi connectivity index (χ2v) is 4.61. The number of thiol groups is 2. The molecule has 2 atom stereocenters. The molecule has 4 N–H and O–H groups in total. The van der Waals surface area contributed by atoms with E-state index >= 15 is 0 Å². The first kappa shape index (κ1) is 17.1. The first-order valence-corrected chi connectivity index (χ1v) is 6.17. The molecule has 0 rings (SSSR count). The molecule has 0 heterocycles. The van der Waals surface area contributed by atoms with Gasteiger partial charge in [-0.25, -0.2) is 0 Å². The van der Waals surface area contributed by atoms with Crippen molar-refractivity contribution in [1.82, 2.24) is 9.62 Å². The third-order valence-corrected chi connectivity index (χ3v) is 2.70. The van der Waals surface area contributed by atoms with E-state index in [9.17, 15) is 14.4 Å². The van der Waals surface area contributed by atoms with E-state index in [4.69, 9.17) is 10.8 Å². The normalized spacial score (nSPS) is 13.6. The van der Waals surface area contributed by atoms with Crippen molar-refractivity contribution in [3.63, 3.8) is 0 Å².